The molecular weight excluding hydrogens is 240 g/mol. The predicted molar refractivity (Wildman–Crippen MR) is 69.8 cm³/mol. The van der Waals surface area contributed by atoms with Gasteiger partial charge in [0.2, 0.25) is 0 Å². The second-order valence-electron chi connectivity index (χ2n) is 3.76. The highest BCUT2D eigenvalue weighted by Gasteiger charge is 2.12. The van der Waals surface area contributed by atoms with Crippen LogP contribution >= 0.6 is 0 Å². The van der Waals surface area contributed by atoms with Crippen LogP contribution in [-0.4, -0.2) is 33.3 Å². The molecule has 0 saturated carbocycles. The van der Waals surface area contributed by atoms with Gasteiger partial charge < -0.3 is 16.2 Å². The summed E-state index contributed by atoms with van der Waals surface area (Å²) in [5, 5.41) is 11.9. The summed E-state index contributed by atoms with van der Waals surface area (Å²) in [5.41, 5.74) is 6.56. The summed E-state index contributed by atoms with van der Waals surface area (Å²) in [6, 6.07) is 4.77. The molecule has 0 aliphatic heterocycles. The smallest absolute Gasteiger partial charge is 0.337 e. The molecule has 17 heavy (non-hydrogen) atoms. The highest BCUT2D eigenvalue weighted by Crippen LogP contribution is 2.22. The van der Waals surface area contributed by atoms with E-state index < -0.39 is 16.8 Å². The van der Waals surface area contributed by atoms with Crippen LogP contribution in [0.25, 0.3) is 0 Å². The van der Waals surface area contributed by atoms with E-state index >= 15 is 0 Å². The number of para-hydroxylation sites is 1. The van der Waals surface area contributed by atoms with Crippen molar-refractivity contribution in [1.82, 2.24) is 0 Å². The quantitative estimate of drug-likeness (QED) is 0.687. The van der Waals surface area contributed by atoms with Crippen molar-refractivity contribution in [3.05, 3.63) is 23.8 Å². The van der Waals surface area contributed by atoms with Gasteiger partial charge in [-0.2, -0.15) is 0 Å². The normalized spacial score (nSPS) is 14.0. The lowest BCUT2D eigenvalue weighted by Gasteiger charge is -2.14. The first-order valence-corrected chi connectivity index (χ1v) is 6.73. The molecule has 0 fully saturated rings. The summed E-state index contributed by atoms with van der Waals surface area (Å²) in [5.74, 6) is -1.06. The van der Waals surface area contributed by atoms with Crippen LogP contribution < -0.4 is 11.1 Å². The molecule has 5 nitrogen and oxygen atoms in total. The van der Waals surface area contributed by atoms with Crippen molar-refractivity contribution in [3.8, 4) is 0 Å². The minimum atomic E-state index is -1.06. The molecule has 2 unspecified atom stereocenters. The lowest BCUT2D eigenvalue weighted by Crippen LogP contribution is -2.21. The number of rotatable bonds is 5. The first-order valence-electron chi connectivity index (χ1n) is 5.11. The SMILES string of the molecule is CC(CNc1cccc(C(=O)O)c1N)S(C)=O. The Labute approximate surface area is 102 Å². The second kappa shape index (κ2) is 5.67. The second-order valence-corrected chi connectivity index (χ2v) is 5.56. The molecule has 0 saturated heterocycles. The Morgan fingerprint density at radius 1 is 1.59 bits per heavy atom. The van der Waals surface area contributed by atoms with E-state index in [9.17, 15) is 9.00 Å². The number of carboxylic acid groups (broad SMARTS) is 1. The van der Waals surface area contributed by atoms with Crippen LogP contribution in [0.3, 0.4) is 0 Å². The third kappa shape index (κ3) is 3.45. The van der Waals surface area contributed by atoms with Crippen LogP contribution in [0.5, 0.6) is 0 Å². The fourth-order valence-corrected chi connectivity index (χ4v) is 1.59. The van der Waals surface area contributed by atoms with Gasteiger partial charge in [0.15, 0.2) is 0 Å². The molecular formula is C11H16N2O3S. The van der Waals surface area contributed by atoms with E-state index in [2.05, 4.69) is 5.32 Å². The Hall–Kier alpha value is -1.56. The molecule has 0 spiro atoms. The Balaban J connectivity index is 2.82. The molecule has 94 valence electrons. The number of nitrogen functional groups attached to an aromatic ring is 1. The van der Waals surface area contributed by atoms with Crippen molar-refractivity contribution in [1.29, 1.82) is 0 Å². The van der Waals surface area contributed by atoms with Crippen LogP contribution in [0, 0.1) is 0 Å². The summed E-state index contributed by atoms with van der Waals surface area (Å²) >= 11 is 0. The van der Waals surface area contributed by atoms with Crippen molar-refractivity contribution < 1.29 is 14.1 Å². The van der Waals surface area contributed by atoms with E-state index in [1.165, 1.54) is 6.07 Å². The Kier molecular flexibility index (Phi) is 4.51. The fourth-order valence-electron chi connectivity index (χ4n) is 1.28. The largest absolute Gasteiger partial charge is 0.478 e. The Bertz CT molecular complexity index is 448. The summed E-state index contributed by atoms with van der Waals surface area (Å²) in [7, 11) is -0.924. The number of anilines is 2. The van der Waals surface area contributed by atoms with Gasteiger partial charge in [-0.1, -0.05) is 6.07 Å². The van der Waals surface area contributed by atoms with Gasteiger partial charge >= 0.3 is 5.97 Å². The van der Waals surface area contributed by atoms with Crippen molar-refractivity contribution in [2.75, 3.05) is 23.9 Å². The Morgan fingerprint density at radius 3 is 2.76 bits per heavy atom. The molecule has 1 aromatic carbocycles. The number of nitrogens with one attached hydrogen (secondary N) is 1. The van der Waals surface area contributed by atoms with Gasteiger partial charge in [0.05, 0.1) is 16.9 Å². The van der Waals surface area contributed by atoms with Gasteiger partial charge in [0.1, 0.15) is 0 Å². The third-order valence-corrected chi connectivity index (χ3v) is 3.78. The monoisotopic (exact) mass is 256 g/mol. The zero-order valence-electron chi connectivity index (χ0n) is 9.77. The molecule has 0 amide bonds. The fraction of sp³-hybridized carbons (Fsp3) is 0.364. The standard InChI is InChI=1S/C11H16N2O3S/c1-7(17(2)16)6-13-9-5-3-4-8(10(9)12)11(14)15/h3-5,7,13H,6,12H2,1-2H3,(H,14,15). The number of benzene rings is 1. The van der Waals surface area contributed by atoms with Crippen molar-refractivity contribution in [2.45, 2.75) is 12.2 Å². The molecule has 2 atom stereocenters. The minimum Gasteiger partial charge on any atom is -0.478 e. The molecule has 6 heteroatoms. The lowest BCUT2D eigenvalue weighted by atomic mass is 10.1. The average molecular weight is 256 g/mol. The van der Waals surface area contributed by atoms with Crippen molar-refractivity contribution in [2.24, 2.45) is 0 Å². The highest BCUT2D eigenvalue weighted by molar-refractivity contribution is 7.84. The maximum Gasteiger partial charge on any atom is 0.337 e. The van der Waals surface area contributed by atoms with E-state index in [-0.39, 0.29) is 16.5 Å². The lowest BCUT2D eigenvalue weighted by molar-refractivity contribution is 0.0698. The summed E-state index contributed by atoms with van der Waals surface area (Å²) in [6.45, 7) is 2.33. The van der Waals surface area contributed by atoms with Crippen LogP contribution in [0.1, 0.15) is 17.3 Å². The highest BCUT2D eigenvalue weighted by atomic mass is 32.2. The van der Waals surface area contributed by atoms with Crippen LogP contribution in [0.2, 0.25) is 0 Å². The van der Waals surface area contributed by atoms with Gasteiger partial charge in [0.25, 0.3) is 0 Å². The molecule has 0 heterocycles. The third-order valence-electron chi connectivity index (χ3n) is 2.48. The topological polar surface area (TPSA) is 92.4 Å². The van der Waals surface area contributed by atoms with Crippen LogP contribution in [0.15, 0.2) is 18.2 Å². The number of hydrogen-bond acceptors (Lipinski definition) is 4. The maximum absolute atomic E-state index is 11.2. The van der Waals surface area contributed by atoms with Gasteiger partial charge in [-0.05, 0) is 19.1 Å². The average Bonchev–Trinajstić information content (AvgIpc) is 2.26. The van der Waals surface area contributed by atoms with Gasteiger partial charge in [-0.25, -0.2) is 4.79 Å². The van der Waals surface area contributed by atoms with Crippen LogP contribution in [0.4, 0.5) is 11.4 Å². The van der Waals surface area contributed by atoms with E-state index in [0.717, 1.165) is 0 Å². The minimum absolute atomic E-state index is 0.0251. The summed E-state index contributed by atoms with van der Waals surface area (Å²) in [6.07, 6.45) is 1.63. The molecule has 4 N–H and O–H groups in total. The van der Waals surface area contributed by atoms with E-state index in [1.54, 1.807) is 18.4 Å². The number of hydrogen-bond donors (Lipinski definition) is 3. The van der Waals surface area contributed by atoms with Gasteiger partial charge in [0, 0.05) is 28.9 Å². The first kappa shape index (κ1) is 13.5. The van der Waals surface area contributed by atoms with E-state index in [4.69, 9.17) is 10.8 Å². The number of nitrogens with two attached hydrogens (primary N) is 1. The molecule has 0 aromatic heterocycles. The first-order chi connectivity index (χ1) is 7.93. The zero-order chi connectivity index (χ0) is 13.0. The molecule has 0 aliphatic rings. The molecule has 0 aliphatic carbocycles. The van der Waals surface area contributed by atoms with E-state index in [0.29, 0.717) is 12.2 Å². The molecule has 1 aromatic rings. The summed E-state index contributed by atoms with van der Waals surface area (Å²) < 4.78 is 11.2. The zero-order valence-corrected chi connectivity index (χ0v) is 10.6. The maximum atomic E-state index is 11.2. The van der Waals surface area contributed by atoms with E-state index in [1.807, 2.05) is 6.92 Å². The van der Waals surface area contributed by atoms with Gasteiger partial charge in [-0.15, -0.1) is 0 Å². The number of carbonyl (C=O) groups is 1. The van der Waals surface area contributed by atoms with Gasteiger partial charge in [-0.3, -0.25) is 4.21 Å². The molecule has 0 radical (unpaired) electrons. The van der Waals surface area contributed by atoms with Crippen molar-refractivity contribution >= 4 is 28.1 Å². The molecule has 1 rings (SSSR count). The van der Waals surface area contributed by atoms with Crippen LogP contribution in [-0.2, 0) is 10.8 Å². The number of aromatic carboxylic acids is 1. The molecule has 0 bridgehead atoms. The number of carboxylic acids is 1. The summed E-state index contributed by atoms with van der Waals surface area (Å²) in [4.78, 5) is 10.9. The van der Waals surface area contributed by atoms with Crippen molar-refractivity contribution in [3.63, 3.8) is 0 Å². The Morgan fingerprint density at radius 2 is 2.24 bits per heavy atom. The predicted octanol–water partition coefficient (Wildman–Crippen LogP) is 1.15.